The van der Waals surface area contributed by atoms with Crippen molar-refractivity contribution in [1.82, 2.24) is 0 Å². The third-order valence-electron chi connectivity index (χ3n) is 3.99. The first-order chi connectivity index (χ1) is 14.8. The summed E-state index contributed by atoms with van der Waals surface area (Å²) in [6.45, 7) is -2.49. The van der Waals surface area contributed by atoms with Gasteiger partial charge in [-0.2, -0.15) is 0 Å². The Kier molecular flexibility index (Phi) is 4.55. The average molecular weight is 368 g/mol. The van der Waals surface area contributed by atoms with Gasteiger partial charge < -0.3 is 4.74 Å². The Morgan fingerprint density at radius 2 is 1.42 bits per heavy atom. The van der Waals surface area contributed by atoms with Gasteiger partial charge in [0.15, 0.2) is 0 Å². The highest BCUT2D eigenvalue weighted by Crippen LogP contribution is 2.34. The van der Waals surface area contributed by atoms with Crippen LogP contribution in [0.15, 0.2) is 84.9 Å². The summed E-state index contributed by atoms with van der Waals surface area (Å²) in [5, 5.41) is 0. The predicted octanol–water partition coefficient (Wildman–Crippen LogP) is 6.67. The minimum absolute atomic E-state index is 0.119. The maximum atomic E-state index is 8.64. The van der Waals surface area contributed by atoms with Crippen LogP contribution < -0.4 is 4.74 Å². The van der Waals surface area contributed by atoms with Crippen LogP contribution in [0.5, 0.6) is 5.75 Å². The fraction of sp³-hybridized carbons (Fsp3) is 0.167. The molecule has 0 aliphatic heterocycles. The van der Waals surface area contributed by atoms with E-state index in [0.29, 0.717) is 34.9 Å². The van der Waals surface area contributed by atoms with E-state index in [1.54, 1.807) is 36.4 Å². The number of alkyl halides is 1. The van der Waals surface area contributed by atoms with Gasteiger partial charge in [-0.1, -0.05) is 79.6 Å². The number of hydrogen-bond acceptors (Lipinski definition) is 1. The van der Waals surface area contributed by atoms with Crippen molar-refractivity contribution in [2.24, 2.45) is 0 Å². The highest BCUT2D eigenvalue weighted by molar-refractivity contribution is 6.18. The molecule has 0 fully saturated rings. The second-order valence-corrected chi connectivity index (χ2v) is 6.05. The molecule has 0 aromatic heterocycles. The molecule has 0 atom stereocenters. The highest BCUT2D eigenvalue weighted by atomic mass is 35.5. The van der Waals surface area contributed by atoms with Gasteiger partial charge in [0.05, 0.1) is 5.88 Å². The van der Waals surface area contributed by atoms with Crippen LogP contribution in [0.4, 0.5) is 0 Å². The van der Waals surface area contributed by atoms with E-state index in [1.807, 2.05) is 48.5 Å². The molecule has 0 saturated carbocycles. The molecule has 0 spiro atoms. The van der Waals surface area contributed by atoms with Crippen LogP contribution in [0.25, 0.3) is 11.1 Å². The molecule has 3 aromatic rings. The maximum Gasteiger partial charge on any atom is 0.119 e. The van der Waals surface area contributed by atoms with Gasteiger partial charge in [0, 0.05) is 6.85 Å². The summed E-state index contributed by atoms with van der Waals surface area (Å²) in [5.41, 5.74) is 2.58. The molecule has 0 unspecified atom stereocenters. The van der Waals surface area contributed by atoms with Crippen LogP contribution in [0.1, 0.15) is 36.8 Å². The van der Waals surface area contributed by atoms with E-state index < -0.39 is 13.2 Å². The number of rotatable bonds is 7. The summed E-state index contributed by atoms with van der Waals surface area (Å²) < 4.78 is 46.6. The van der Waals surface area contributed by atoms with Gasteiger partial charge in [-0.05, 0) is 46.3 Å². The van der Waals surface area contributed by atoms with Crippen LogP contribution >= 0.6 is 11.6 Å². The summed E-state index contributed by atoms with van der Waals surface area (Å²) in [4.78, 5) is 0. The number of allylic oxidation sites excluding steroid dienone is 1. The quantitative estimate of drug-likeness (QED) is 0.334. The molecule has 0 saturated heterocycles. The molecular weight excluding hydrogens is 340 g/mol. The lowest BCUT2D eigenvalue weighted by Crippen LogP contribution is -1.98. The Balaban J connectivity index is 2.32. The standard InChI is InChI=1S/C24H23ClO/c1-2-23(19-9-5-3-6-10-19)24(20-11-7-4-8-12-20)21-13-15-22(16-14-21)26-18-17-25/h3-16H,2,17-18H2,1H3/i1D3,2D2. The van der Waals surface area contributed by atoms with Gasteiger partial charge >= 0.3 is 0 Å². The third-order valence-corrected chi connectivity index (χ3v) is 4.14. The molecule has 26 heavy (non-hydrogen) atoms. The van der Waals surface area contributed by atoms with Crippen molar-refractivity contribution in [3.63, 3.8) is 0 Å². The van der Waals surface area contributed by atoms with Crippen LogP contribution in [-0.4, -0.2) is 12.5 Å². The van der Waals surface area contributed by atoms with Crippen molar-refractivity contribution < 1.29 is 11.6 Å². The molecule has 0 amide bonds. The van der Waals surface area contributed by atoms with Crippen molar-refractivity contribution in [1.29, 1.82) is 0 Å². The molecule has 0 radical (unpaired) electrons. The molecule has 0 aliphatic carbocycles. The van der Waals surface area contributed by atoms with Gasteiger partial charge in [0.1, 0.15) is 12.4 Å². The van der Waals surface area contributed by atoms with Gasteiger partial charge in [-0.15, -0.1) is 11.6 Å². The van der Waals surface area contributed by atoms with E-state index >= 15 is 0 Å². The molecule has 2 heteroatoms. The zero-order chi connectivity index (χ0) is 22.5. The lowest BCUT2D eigenvalue weighted by molar-refractivity contribution is 0.343. The van der Waals surface area contributed by atoms with Gasteiger partial charge in [0.25, 0.3) is 0 Å². The number of benzene rings is 3. The van der Waals surface area contributed by atoms with Crippen molar-refractivity contribution in [3.8, 4) is 5.75 Å². The second kappa shape index (κ2) is 9.26. The highest BCUT2D eigenvalue weighted by Gasteiger charge is 2.12. The van der Waals surface area contributed by atoms with Crippen molar-refractivity contribution in [3.05, 3.63) is 102 Å². The van der Waals surface area contributed by atoms with Crippen LogP contribution in [0.3, 0.4) is 0 Å². The van der Waals surface area contributed by atoms with Crippen molar-refractivity contribution in [2.45, 2.75) is 13.2 Å². The normalized spacial score (nSPS) is 15.7. The first kappa shape index (κ1) is 12.8. The van der Waals surface area contributed by atoms with Crippen LogP contribution in [-0.2, 0) is 0 Å². The van der Waals surface area contributed by atoms with Crippen molar-refractivity contribution in [2.75, 3.05) is 12.5 Å². The van der Waals surface area contributed by atoms with E-state index in [1.165, 1.54) is 0 Å². The molecule has 0 bridgehead atoms. The van der Waals surface area contributed by atoms with Crippen LogP contribution in [0, 0.1) is 0 Å². The Labute approximate surface area is 167 Å². The Hall–Kier alpha value is -2.51. The summed E-state index contributed by atoms with van der Waals surface area (Å²) in [5.74, 6) is 1.00. The largest absolute Gasteiger partial charge is 0.492 e. The van der Waals surface area contributed by atoms with Crippen molar-refractivity contribution >= 4 is 22.7 Å². The molecule has 3 aromatic carbocycles. The fourth-order valence-corrected chi connectivity index (χ4v) is 2.90. The molecule has 0 N–H and O–H groups in total. The monoisotopic (exact) mass is 367 g/mol. The minimum Gasteiger partial charge on any atom is -0.492 e. The summed E-state index contributed by atoms with van der Waals surface area (Å²) in [7, 11) is 0. The molecular formula is C24H23ClO. The first-order valence-electron chi connectivity index (χ1n) is 10.9. The summed E-state index contributed by atoms with van der Waals surface area (Å²) in [6, 6.07) is 25.3. The van der Waals surface area contributed by atoms with E-state index in [2.05, 4.69) is 0 Å². The molecule has 132 valence electrons. The fourth-order valence-electron chi connectivity index (χ4n) is 2.82. The lowest BCUT2D eigenvalue weighted by atomic mass is 9.88. The van der Waals surface area contributed by atoms with E-state index in [9.17, 15) is 0 Å². The number of hydrogen-bond donors (Lipinski definition) is 0. The number of ether oxygens (including phenoxy) is 1. The predicted molar refractivity (Wildman–Crippen MR) is 112 cm³/mol. The average Bonchev–Trinajstić information content (AvgIpc) is 2.76. The molecule has 1 nitrogen and oxygen atoms in total. The summed E-state index contributed by atoms with van der Waals surface area (Å²) >= 11 is 5.69. The van der Waals surface area contributed by atoms with Gasteiger partial charge in [-0.25, -0.2) is 0 Å². The first-order valence-corrected chi connectivity index (χ1v) is 8.94. The third kappa shape index (κ3) is 4.36. The lowest BCUT2D eigenvalue weighted by Gasteiger charge is -2.16. The molecule has 0 heterocycles. The molecule has 0 aliphatic rings. The van der Waals surface area contributed by atoms with Gasteiger partial charge in [0.2, 0.25) is 0 Å². The topological polar surface area (TPSA) is 9.23 Å². The Morgan fingerprint density at radius 3 is 2.00 bits per heavy atom. The number of halogens is 1. The summed E-state index contributed by atoms with van der Waals surface area (Å²) in [6.07, 6.45) is -2.59. The smallest absolute Gasteiger partial charge is 0.119 e. The minimum atomic E-state index is -2.86. The van der Waals surface area contributed by atoms with Crippen LogP contribution in [0.2, 0.25) is 0 Å². The van der Waals surface area contributed by atoms with E-state index in [4.69, 9.17) is 23.2 Å². The SMILES string of the molecule is [2H]C([2H])([2H])C([2H])([2H])C(=C(c1ccccc1)c1ccc(OCCCl)cc1)c1ccccc1. The zero-order valence-electron chi connectivity index (χ0n) is 19.3. The van der Waals surface area contributed by atoms with Gasteiger partial charge in [-0.3, -0.25) is 0 Å². The zero-order valence-corrected chi connectivity index (χ0v) is 15.0. The Morgan fingerprint density at radius 1 is 0.846 bits per heavy atom. The van der Waals surface area contributed by atoms with E-state index in [-0.39, 0.29) is 5.57 Å². The second-order valence-electron chi connectivity index (χ2n) is 5.67. The Bertz CT molecular complexity index is 1010. The maximum absolute atomic E-state index is 8.64. The van der Waals surface area contributed by atoms with E-state index in [0.717, 1.165) is 5.56 Å². The molecule has 3 rings (SSSR count).